The minimum atomic E-state index is 0.0640. The topological polar surface area (TPSA) is 45.7 Å². The number of piperidine rings is 1. The fourth-order valence-electron chi connectivity index (χ4n) is 3.19. The van der Waals surface area contributed by atoms with Crippen LogP contribution in [0.4, 0.5) is 0 Å². The molecule has 1 aromatic heterocycles. The summed E-state index contributed by atoms with van der Waals surface area (Å²) in [7, 11) is 0. The van der Waals surface area contributed by atoms with Gasteiger partial charge in [0.2, 0.25) is 0 Å². The molecular weight excluding hydrogens is 302 g/mol. The van der Waals surface area contributed by atoms with E-state index >= 15 is 0 Å². The molecule has 1 aromatic rings. The molecule has 0 spiro atoms. The molecule has 6 heteroatoms. The average molecular weight is 324 g/mol. The summed E-state index contributed by atoms with van der Waals surface area (Å²) < 4.78 is 5.39. The largest absolute Gasteiger partial charge is 0.379 e. The van der Waals surface area contributed by atoms with E-state index in [0.29, 0.717) is 16.6 Å². The predicted octanol–water partition coefficient (Wildman–Crippen LogP) is 1.92. The third-order valence-corrected chi connectivity index (χ3v) is 4.70. The Labute approximate surface area is 136 Å². The second-order valence-corrected chi connectivity index (χ2v) is 6.40. The van der Waals surface area contributed by atoms with Crippen LogP contribution < -0.4 is 0 Å². The third-order valence-electron chi connectivity index (χ3n) is 4.50. The zero-order valence-electron chi connectivity index (χ0n) is 12.7. The highest BCUT2D eigenvalue weighted by atomic mass is 35.5. The number of rotatable bonds is 3. The molecule has 0 N–H and O–H groups in total. The minimum Gasteiger partial charge on any atom is -0.379 e. The van der Waals surface area contributed by atoms with Crippen molar-refractivity contribution in [3.8, 4) is 0 Å². The van der Waals surface area contributed by atoms with Crippen LogP contribution in [-0.2, 0) is 4.74 Å². The van der Waals surface area contributed by atoms with E-state index in [9.17, 15) is 4.79 Å². The number of pyridine rings is 1. The smallest absolute Gasteiger partial charge is 0.254 e. The van der Waals surface area contributed by atoms with Gasteiger partial charge < -0.3 is 9.64 Å². The van der Waals surface area contributed by atoms with Crippen molar-refractivity contribution in [1.29, 1.82) is 0 Å². The number of carbonyl (C=O) groups excluding carboxylic acids is 1. The number of carbonyl (C=O) groups is 1. The molecule has 0 saturated carbocycles. The zero-order chi connectivity index (χ0) is 15.4. The first-order valence-corrected chi connectivity index (χ1v) is 8.31. The Bertz CT molecular complexity index is 512. The lowest BCUT2D eigenvalue weighted by Gasteiger charge is -2.36. The second kappa shape index (κ2) is 7.40. The van der Waals surface area contributed by atoms with Crippen LogP contribution in [0, 0.1) is 5.92 Å². The standard InChI is InChI=1S/C16H22ClN3O2/c17-15-11-14(1-4-18-15)16(21)20-5-2-13(3-6-20)12-19-7-9-22-10-8-19/h1,4,11,13H,2-3,5-10,12H2. The minimum absolute atomic E-state index is 0.0640. The number of halogens is 1. The lowest BCUT2D eigenvalue weighted by atomic mass is 9.95. The fraction of sp³-hybridized carbons (Fsp3) is 0.625. The summed E-state index contributed by atoms with van der Waals surface area (Å²) in [6.07, 6.45) is 3.73. The molecule has 0 radical (unpaired) electrons. The van der Waals surface area contributed by atoms with Crippen molar-refractivity contribution >= 4 is 17.5 Å². The summed E-state index contributed by atoms with van der Waals surface area (Å²) in [6.45, 7) is 6.55. The van der Waals surface area contributed by atoms with Gasteiger partial charge in [0.1, 0.15) is 5.15 Å². The summed E-state index contributed by atoms with van der Waals surface area (Å²) in [4.78, 5) is 20.8. The Kier molecular flexibility index (Phi) is 5.28. The number of hydrogen-bond donors (Lipinski definition) is 0. The molecule has 3 rings (SSSR count). The van der Waals surface area contributed by atoms with Gasteiger partial charge >= 0.3 is 0 Å². The van der Waals surface area contributed by atoms with Crippen LogP contribution in [0.5, 0.6) is 0 Å². The van der Waals surface area contributed by atoms with Crippen molar-refractivity contribution in [1.82, 2.24) is 14.8 Å². The van der Waals surface area contributed by atoms with Gasteiger partial charge in [0, 0.05) is 44.5 Å². The van der Waals surface area contributed by atoms with Crippen LogP contribution >= 0.6 is 11.6 Å². The average Bonchev–Trinajstić information content (AvgIpc) is 2.56. The van der Waals surface area contributed by atoms with Gasteiger partial charge in [-0.2, -0.15) is 0 Å². The van der Waals surface area contributed by atoms with E-state index in [0.717, 1.165) is 58.8 Å². The van der Waals surface area contributed by atoms with E-state index in [1.165, 1.54) is 0 Å². The highest BCUT2D eigenvalue weighted by Gasteiger charge is 2.25. The Balaban J connectivity index is 1.49. The number of aromatic nitrogens is 1. The van der Waals surface area contributed by atoms with Gasteiger partial charge in [-0.15, -0.1) is 0 Å². The fourth-order valence-corrected chi connectivity index (χ4v) is 3.36. The molecule has 0 aliphatic carbocycles. The number of ether oxygens (including phenoxy) is 1. The van der Waals surface area contributed by atoms with E-state index < -0.39 is 0 Å². The maximum absolute atomic E-state index is 12.5. The van der Waals surface area contributed by atoms with E-state index in [1.807, 2.05) is 4.90 Å². The normalized spacial score (nSPS) is 21.0. The van der Waals surface area contributed by atoms with Gasteiger partial charge in [0.05, 0.1) is 13.2 Å². The first kappa shape index (κ1) is 15.7. The molecule has 120 valence electrons. The van der Waals surface area contributed by atoms with Gasteiger partial charge in [-0.05, 0) is 30.9 Å². The van der Waals surface area contributed by atoms with Crippen LogP contribution in [0.3, 0.4) is 0 Å². The quantitative estimate of drug-likeness (QED) is 0.797. The Morgan fingerprint density at radius 1 is 1.27 bits per heavy atom. The van der Waals surface area contributed by atoms with Gasteiger partial charge in [-0.3, -0.25) is 9.69 Å². The van der Waals surface area contributed by atoms with E-state index in [2.05, 4.69) is 9.88 Å². The number of morpholine rings is 1. The van der Waals surface area contributed by atoms with Crippen molar-refractivity contribution < 1.29 is 9.53 Å². The lowest BCUT2D eigenvalue weighted by Crippen LogP contribution is -2.44. The maximum Gasteiger partial charge on any atom is 0.254 e. The Morgan fingerprint density at radius 3 is 2.68 bits per heavy atom. The molecule has 5 nitrogen and oxygen atoms in total. The third kappa shape index (κ3) is 3.97. The summed E-state index contributed by atoms with van der Waals surface area (Å²) in [6, 6.07) is 3.37. The van der Waals surface area contributed by atoms with Crippen molar-refractivity contribution in [2.24, 2.45) is 5.92 Å². The van der Waals surface area contributed by atoms with Gasteiger partial charge in [-0.1, -0.05) is 11.6 Å². The van der Waals surface area contributed by atoms with E-state index in [1.54, 1.807) is 18.3 Å². The van der Waals surface area contributed by atoms with Crippen molar-refractivity contribution in [3.63, 3.8) is 0 Å². The Morgan fingerprint density at radius 2 is 2.00 bits per heavy atom. The molecule has 0 atom stereocenters. The Hall–Kier alpha value is -1.17. The molecule has 2 aliphatic heterocycles. The summed E-state index contributed by atoms with van der Waals surface area (Å²) in [5.41, 5.74) is 0.631. The number of amides is 1. The van der Waals surface area contributed by atoms with Crippen LogP contribution in [0.2, 0.25) is 5.15 Å². The first-order chi connectivity index (χ1) is 10.7. The second-order valence-electron chi connectivity index (χ2n) is 6.02. The summed E-state index contributed by atoms with van der Waals surface area (Å²) >= 11 is 5.86. The van der Waals surface area contributed by atoms with Crippen LogP contribution in [0.15, 0.2) is 18.3 Å². The monoisotopic (exact) mass is 323 g/mol. The van der Waals surface area contributed by atoms with Crippen LogP contribution in [0.25, 0.3) is 0 Å². The summed E-state index contributed by atoms with van der Waals surface area (Å²) in [5.74, 6) is 0.748. The molecule has 3 heterocycles. The van der Waals surface area contributed by atoms with E-state index in [-0.39, 0.29) is 5.91 Å². The van der Waals surface area contributed by atoms with Gasteiger partial charge in [0.15, 0.2) is 0 Å². The van der Waals surface area contributed by atoms with Crippen molar-refractivity contribution in [2.45, 2.75) is 12.8 Å². The molecule has 0 aromatic carbocycles. The highest BCUT2D eigenvalue weighted by Crippen LogP contribution is 2.21. The number of nitrogens with zero attached hydrogens (tertiary/aromatic N) is 3. The summed E-state index contributed by atoms with van der Waals surface area (Å²) in [5, 5.41) is 0.369. The molecule has 0 bridgehead atoms. The molecule has 2 saturated heterocycles. The maximum atomic E-state index is 12.5. The van der Waals surface area contributed by atoms with E-state index in [4.69, 9.17) is 16.3 Å². The number of likely N-dealkylation sites (tertiary alicyclic amines) is 1. The molecule has 1 amide bonds. The van der Waals surface area contributed by atoms with Gasteiger partial charge in [-0.25, -0.2) is 4.98 Å². The highest BCUT2D eigenvalue weighted by molar-refractivity contribution is 6.29. The zero-order valence-corrected chi connectivity index (χ0v) is 13.5. The molecule has 2 aliphatic rings. The first-order valence-electron chi connectivity index (χ1n) is 7.93. The predicted molar refractivity (Wildman–Crippen MR) is 85.1 cm³/mol. The van der Waals surface area contributed by atoms with Crippen LogP contribution in [0.1, 0.15) is 23.2 Å². The number of hydrogen-bond acceptors (Lipinski definition) is 4. The molecule has 0 unspecified atom stereocenters. The van der Waals surface area contributed by atoms with Gasteiger partial charge in [0.25, 0.3) is 5.91 Å². The lowest BCUT2D eigenvalue weighted by molar-refractivity contribution is 0.0243. The molecule has 2 fully saturated rings. The molecular formula is C16H22ClN3O2. The van der Waals surface area contributed by atoms with Crippen molar-refractivity contribution in [2.75, 3.05) is 45.9 Å². The molecule has 22 heavy (non-hydrogen) atoms. The van der Waals surface area contributed by atoms with Crippen LogP contribution in [-0.4, -0.2) is 66.6 Å². The SMILES string of the molecule is O=C(c1ccnc(Cl)c1)N1CCC(CN2CCOCC2)CC1. The van der Waals surface area contributed by atoms with Crippen molar-refractivity contribution in [3.05, 3.63) is 29.0 Å².